The lowest BCUT2D eigenvalue weighted by Crippen LogP contribution is -2.29. The number of nitriles is 1. The van der Waals surface area contributed by atoms with Gasteiger partial charge in [-0.1, -0.05) is 0 Å². The number of aromatic nitrogens is 1. The van der Waals surface area contributed by atoms with Crippen molar-refractivity contribution in [3.63, 3.8) is 0 Å². The van der Waals surface area contributed by atoms with Gasteiger partial charge >= 0.3 is 0 Å². The number of ether oxygens (including phenoxy) is 1. The molecule has 0 bridgehead atoms. The highest BCUT2D eigenvalue weighted by Crippen LogP contribution is 2.27. The van der Waals surface area contributed by atoms with Gasteiger partial charge in [0.05, 0.1) is 6.07 Å². The van der Waals surface area contributed by atoms with Crippen LogP contribution in [0.15, 0.2) is 30.5 Å². The number of anilines is 1. The van der Waals surface area contributed by atoms with Crippen molar-refractivity contribution in [1.82, 2.24) is 10.3 Å². The summed E-state index contributed by atoms with van der Waals surface area (Å²) < 4.78 is 5.39. The zero-order valence-electron chi connectivity index (χ0n) is 10.1. The molecule has 0 saturated carbocycles. The summed E-state index contributed by atoms with van der Waals surface area (Å²) in [6.07, 6.45) is 1.63. The van der Waals surface area contributed by atoms with Crippen LogP contribution in [0.5, 0.6) is 5.75 Å². The van der Waals surface area contributed by atoms with Crippen molar-refractivity contribution in [3.8, 4) is 11.8 Å². The standard InChI is InChI=1S/C13H12N4O2/c14-5-7-16-12(18)8-19-11-4-3-10(15)9-2-1-6-17-13(9)11/h1-4,6H,7-8,15H2,(H,16,18). The van der Waals surface area contributed by atoms with Crippen molar-refractivity contribution >= 4 is 22.5 Å². The van der Waals surface area contributed by atoms with E-state index in [1.807, 2.05) is 12.1 Å². The maximum Gasteiger partial charge on any atom is 0.258 e. The van der Waals surface area contributed by atoms with E-state index in [0.717, 1.165) is 5.39 Å². The summed E-state index contributed by atoms with van der Waals surface area (Å²) in [6.45, 7) is -0.208. The Morgan fingerprint density at radius 1 is 1.47 bits per heavy atom. The highest BCUT2D eigenvalue weighted by atomic mass is 16.5. The summed E-state index contributed by atoms with van der Waals surface area (Å²) in [6, 6.07) is 8.80. The fourth-order valence-electron chi connectivity index (χ4n) is 1.62. The van der Waals surface area contributed by atoms with E-state index in [-0.39, 0.29) is 19.1 Å². The van der Waals surface area contributed by atoms with E-state index >= 15 is 0 Å². The van der Waals surface area contributed by atoms with Gasteiger partial charge in [0.2, 0.25) is 0 Å². The van der Waals surface area contributed by atoms with Crippen molar-refractivity contribution < 1.29 is 9.53 Å². The minimum atomic E-state index is -0.359. The van der Waals surface area contributed by atoms with Crippen LogP contribution in [-0.2, 0) is 4.79 Å². The summed E-state index contributed by atoms with van der Waals surface area (Å²) >= 11 is 0. The molecule has 1 amide bonds. The van der Waals surface area contributed by atoms with Gasteiger partial charge in [-0.15, -0.1) is 0 Å². The smallest absolute Gasteiger partial charge is 0.258 e. The number of amides is 1. The van der Waals surface area contributed by atoms with Crippen LogP contribution in [0.1, 0.15) is 0 Å². The number of rotatable bonds is 4. The van der Waals surface area contributed by atoms with E-state index in [0.29, 0.717) is 17.0 Å². The first-order chi connectivity index (χ1) is 9.22. The normalized spacial score (nSPS) is 9.84. The van der Waals surface area contributed by atoms with Crippen molar-refractivity contribution in [2.75, 3.05) is 18.9 Å². The largest absolute Gasteiger partial charge is 0.481 e. The molecule has 0 radical (unpaired) electrons. The number of hydrogen-bond donors (Lipinski definition) is 2. The van der Waals surface area contributed by atoms with Gasteiger partial charge in [-0.3, -0.25) is 9.78 Å². The first-order valence-corrected chi connectivity index (χ1v) is 5.62. The molecule has 6 heteroatoms. The third-order valence-electron chi connectivity index (χ3n) is 2.49. The van der Waals surface area contributed by atoms with Crippen molar-refractivity contribution in [1.29, 1.82) is 5.26 Å². The third-order valence-corrected chi connectivity index (χ3v) is 2.49. The predicted molar refractivity (Wildman–Crippen MR) is 70.3 cm³/mol. The topological polar surface area (TPSA) is 101 Å². The monoisotopic (exact) mass is 256 g/mol. The van der Waals surface area contributed by atoms with E-state index < -0.39 is 0 Å². The molecule has 6 nitrogen and oxygen atoms in total. The molecule has 0 aliphatic heterocycles. The number of hydrogen-bond acceptors (Lipinski definition) is 5. The molecule has 0 unspecified atom stereocenters. The average molecular weight is 256 g/mol. The SMILES string of the molecule is N#CCNC(=O)COc1ccc(N)c2cccnc12. The molecular formula is C13H12N4O2. The fraction of sp³-hybridized carbons (Fsp3) is 0.154. The zero-order chi connectivity index (χ0) is 13.7. The summed E-state index contributed by atoms with van der Waals surface area (Å²) in [5.74, 6) is 0.124. The molecular weight excluding hydrogens is 244 g/mol. The number of carbonyl (C=O) groups is 1. The first kappa shape index (κ1) is 12.6. The molecule has 0 aliphatic carbocycles. The van der Waals surface area contributed by atoms with Crippen LogP contribution in [0, 0.1) is 11.3 Å². The quantitative estimate of drug-likeness (QED) is 0.623. The summed E-state index contributed by atoms with van der Waals surface area (Å²) in [5.41, 5.74) is 7.04. The number of nitrogens with one attached hydrogen (secondary N) is 1. The lowest BCUT2D eigenvalue weighted by Gasteiger charge is -2.09. The van der Waals surface area contributed by atoms with Gasteiger partial charge < -0.3 is 15.8 Å². The second kappa shape index (κ2) is 5.69. The molecule has 2 rings (SSSR count). The molecule has 0 saturated heterocycles. The molecule has 1 aromatic heterocycles. The molecule has 0 atom stereocenters. The lowest BCUT2D eigenvalue weighted by atomic mass is 10.2. The molecule has 0 spiro atoms. The molecule has 1 heterocycles. The lowest BCUT2D eigenvalue weighted by molar-refractivity contribution is -0.122. The molecule has 0 aliphatic rings. The Morgan fingerprint density at radius 3 is 3.11 bits per heavy atom. The predicted octanol–water partition coefficient (Wildman–Crippen LogP) is 0.836. The third kappa shape index (κ3) is 2.90. The van der Waals surface area contributed by atoms with E-state index in [9.17, 15) is 4.79 Å². The number of nitrogen functional groups attached to an aromatic ring is 1. The van der Waals surface area contributed by atoms with Crippen LogP contribution in [0.4, 0.5) is 5.69 Å². The van der Waals surface area contributed by atoms with Crippen molar-refractivity contribution in [2.45, 2.75) is 0 Å². The van der Waals surface area contributed by atoms with Crippen molar-refractivity contribution in [3.05, 3.63) is 30.5 Å². The van der Waals surface area contributed by atoms with E-state index in [2.05, 4.69) is 10.3 Å². The van der Waals surface area contributed by atoms with Gasteiger partial charge in [-0.25, -0.2) is 0 Å². The Balaban J connectivity index is 2.16. The highest BCUT2D eigenvalue weighted by Gasteiger charge is 2.08. The molecule has 1 aromatic carbocycles. The number of fused-ring (bicyclic) bond motifs is 1. The van der Waals surface area contributed by atoms with Crippen molar-refractivity contribution in [2.24, 2.45) is 0 Å². The van der Waals surface area contributed by atoms with Gasteiger partial charge in [0.25, 0.3) is 5.91 Å². The number of pyridine rings is 1. The maximum atomic E-state index is 11.3. The molecule has 3 N–H and O–H groups in total. The number of nitrogens with zero attached hydrogens (tertiary/aromatic N) is 2. The van der Waals surface area contributed by atoms with Crippen LogP contribution in [-0.4, -0.2) is 24.0 Å². The molecule has 0 fully saturated rings. The van der Waals surface area contributed by atoms with Crippen LogP contribution < -0.4 is 15.8 Å². The van der Waals surface area contributed by atoms with E-state index in [1.54, 1.807) is 24.4 Å². The average Bonchev–Trinajstić information content (AvgIpc) is 2.45. The fourth-order valence-corrected chi connectivity index (χ4v) is 1.62. The first-order valence-electron chi connectivity index (χ1n) is 5.62. The van der Waals surface area contributed by atoms with Gasteiger partial charge in [0.1, 0.15) is 17.8 Å². The Hall–Kier alpha value is -2.81. The van der Waals surface area contributed by atoms with Crippen LogP contribution in [0.2, 0.25) is 0 Å². The Morgan fingerprint density at radius 2 is 2.32 bits per heavy atom. The van der Waals surface area contributed by atoms with Gasteiger partial charge in [-0.2, -0.15) is 5.26 Å². The van der Waals surface area contributed by atoms with E-state index in [4.69, 9.17) is 15.7 Å². The molecule has 19 heavy (non-hydrogen) atoms. The molecule has 96 valence electrons. The second-order valence-corrected chi connectivity index (χ2v) is 3.78. The van der Waals surface area contributed by atoms with Gasteiger partial charge in [0.15, 0.2) is 6.61 Å². The minimum absolute atomic E-state index is 0.0388. The number of nitrogens with two attached hydrogens (primary N) is 1. The van der Waals surface area contributed by atoms with Crippen LogP contribution in [0.25, 0.3) is 10.9 Å². The van der Waals surface area contributed by atoms with Gasteiger partial charge in [-0.05, 0) is 24.3 Å². The maximum absolute atomic E-state index is 11.3. The molecule has 2 aromatic rings. The van der Waals surface area contributed by atoms with Crippen LogP contribution >= 0.6 is 0 Å². The van der Waals surface area contributed by atoms with Gasteiger partial charge in [0, 0.05) is 17.3 Å². The number of benzene rings is 1. The Labute approximate surface area is 109 Å². The summed E-state index contributed by atoms with van der Waals surface area (Å²) in [4.78, 5) is 15.5. The minimum Gasteiger partial charge on any atom is -0.481 e. The van der Waals surface area contributed by atoms with Crippen LogP contribution in [0.3, 0.4) is 0 Å². The summed E-state index contributed by atoms with van der Waals surface area (Å²) in [5, 5.41) is 11.5. The Bertz CT molecular complexity index is 649. The Kier molecular flexibility index (Phi) is 3.78. The highest BCUT2D eigenvalue weighted by molar-refractivity contribution is 5.94. The van der Waals surface area contributed by atoms with E-state index in [1.165, 1.54) is 0 Å². The number of carbonyl (C=O) groups excluding carboxylic acids is 1. The zero-order valence-corrected chi connectivity index (χ0v) is 10.1. The second-order valence-electron chi connectivity index (χ2n) is 3.78. The summed E-state index contributed by atoms with van der Waals surface area (Å²) in [7, 11) is 0.